The standard InChI is InChI=1S/C16H16N2O/c17-16-13-4-1-3-11(13)12-7-6-10(9-14(12)18-16)15-5-2-8-19-15/h2,5-9,11,13H,1,3-4H2,(H2,17,18). The van der Waals surface area contributed by atoms with E-state index in [2.05, 4.69) is 23.2 Å². The lowest BCUT2D eigenvalue weighted by molar-refractivity contribution is 0.582. The molecule has 4 rings (SSSR count). The maximum atomic E-state index is 6.13. The highest BCUT2D eigenvalue weighted by Crippen LogP contribution is 2.47. The zero-order chi connectivity index (χ0) is 12.8. The highest BCUT2D eigenvalue weighted by atomic mass is 16.3. The zero-order valence-corrected chi connectivity index (χ0v) is 10.7. The highest BCUT2D eigenvalue weighted by Gasteiger charge is 2.35. The summed E-state index contributed by atoms with van der Waals surface area (Å²) in [6, 6.07) is 10.3. The number of rotatable bonds is 1. The molecule has 0 bridgehead atoms. The molecule has 1 aliphatic carbocycles. The topological polar surface area (TPSA) is 51.5 Å². The minimum Gasteiger partial charge on any atom is -0.464 e. The molecule has 0 amide bonds. The fourth-order valence-corrected chi connectivity index (χ4v) is 3.46. The molecule has 2 heterocycles. The SMILES string of the molecule is NC1=Nc2cc(-c3ccco3)ccc2C2CCCC12. The minimum atomic E-state index is 0.460. The predicted molar refractivity (Wildman–Crippen MR) is 75.5 cm³/mol. The molecule has 1 aliphatic heterocycles. The van der Waals surface area contributed by atoms with Crippen LogP contribution in [-0.4, -0.2) is 5.84 Å². The summed E-state index contributed by atoms with van der Waals surface area (Å²) in [4.78, 5) is 4.61. The maximum absolute atomic E-state index is 6.13. The van der Waals surface area contributed by atoms with E-state index >= 15 is 0 Å². The number of nitrogens with two attached hydrogens (primary N) is 1. The van der Waals surface area contributed by atoms with Crippen molar-refractivity contribution in [2.24, 2.45) is 16.6 Å². The van der Waals surface area contributed by atoms with Gasteiger partial charge in [-0.1, -0.05) is 18.6 Å². The van der Waals surface area contributed by atoms with Gasteiger partial charge in [-0.3, -0.25) is 0 Å². The van der Waals surface area contributed by atoms with Gasteiger partial charge in [-0.15, -0.1) is 0 Å². The number of hydrogen-bond donors (Lipinski definition) is 1. The molecule has 2 aliphatic rings. The molecule has 1 aromatic carbocycles. The van der Waals surface area contributed by atoms with Crippen LogP contribution in [0.15, 0.2) is 46.0 Å². The summed E-state index contributed by atoms with van der Waals surface area (Å²) in [5.41, 5.74) is 9.57. The number of benzene rings is 1. The number of furan rings is 1. The average Bonchev–Trinajstić information content (AvgIpc) is 3.10. The summed E-state index contributed by atoms with van der Waals surface area (Å²) in [5, 5.41) is 0. The van der Waals surface area contributed by atoms with Crippen LogP contribution in [0.25, 0.3) is 11.3 Å². The van der Waals surface area contributed by atoms with Gasteiger partial charge in [-0.05, 0) is 42.5 Å². The molecule has 0 spiro atoms. The number of fused-ring (bicyclic) bond motifs is 3. The first kappa shape index (κ1) is 10.9. The second-order valence-electron chi connectivity index (χ2n) is 5.43. The second kappa shape index (κ2) is 3.98. The zero-order valence-electron chi connectivity index (χ0n) is 10.7. The summed E-state index contributed by atoms with van der Waals surface area (Å²) < 4.78 is 5.44. The highest BCUT2D eigenvalue weighted by molar-refractivity contribution is 5.90. The Morgan fingerprint density at radius 3 is 2.89 bits per heavy atom. The Hall–Kier alpha value is -2.03. The molecule has 0 radical (unpaired) electrons. The van der Waals surface area contributed by atoms with Gasteiger partial charge in [0, 0.05) is 11.5 Å². The van der Waals surface area contributed by atoms with Crippen molar-refractivity contribution in [3.63, 3.8) is 0 Å². The quantitative estimate of drug-likeness (QED) is 0.838. The van der Waals surface area contributed by atoms with E-state index in [9.17, 15) is 0 Å². The molecular formula is C16H16N2O. The Morgan fingerprint density at radius 1 is 1.16 bits per heavy atom. The summed E-state index contributed by atoms with van der Waals surface area (Å²) in [7, 11) is 0. The number of aliphatic imine (C=N–C) groups is 1. The molecule has 1 fully saturated rings. The third kappa shape index (κ3) is 1.61. The van der Waals surface area contributed by atoms with Gasteiger partial charge in [0.2, 0.25) is 0 Å². The van der Waals surface area contributed by atoms with E-state index in [1.54, 1.807) is 6.26 Å². The van der Waals surface area contributed by atoms with E-state index in [-0.39, 0.29) is 0 Å². The summed E-state index contributed by atoms with van der Waals surface area (Å²) in [6.45, 7) is 0. The van der Waals surface area contributed by atoms with Gasteiger partial charge in [0.1, 0.15) is 11.6 Å². The van der Waals surface area contributed by atoms with Crippen LogP contribution in [0.1, 0.15) is 30.7 Å². The molecule has 2 unspecified atom stereocenters. The van der Waals surface area contributed by atoms with Crippen molar-refractivity contribution >= 4 is 11.5 Å². The number of hydrogen-bond acceptors (Lipinski definition) is 3. The maximum Gasteiger partial charge on any atom is 0.133 e. The van der Waals surface area contributed by atoms with Gasteiger partial charge >= 0.3 is 0 Å². The molecule has 19 heavy (non-hydrogen) atoms. The lowest BCUT2D eigenvalue weighted by Gasteiger charge is -2.26. The van der Waals surface area contributed by atoms with Crippen LogP contribution in [0.3, 0.4) is 0 Å². The smallest absolute Gasteiger partial charge is 0.133 e. The molecular weight excluding hydrogens is 236 g/mol. The predicted octanol–water partition coefficient (Wildman–Crippen LogP) is 3.83. The fourth-order valence-electron chi connectivity index (χ4n) is 3.46. The number of amidine groups is 1. The van der Waals surface area contributed by atoms with Crippen molar-refractivity contribution < 1.29 is 4.42 Å². The second-order valence-corrected chi connectivity index (χ2v) is 5.43. The summed E-state index contributed by atoms with van der Waals surface area (Å²) in [5.74, 6) is 2.72. The van der Waals surface area contributed by atoms with E-state index in [0.29, 0.717) is 11.8 Å². The van der Waals surface area contributed by atoms with Crippen molar-refractivity contribution in [2.75, 3.05) is 0 Å². The summed E-state index contributed by atoms with van der Waals surface area (Å²) >= 11 is 0. The largest absolute Gasteiger partial charge is 0.464 e. The van der Waals surface area contributed by atoms with E-state index in [4.69, 9.17) is 10.2 Å². The van der Waals surface area contributed by atoms with Gasteiger partial charge < -0.3 is 10.2 Å². The first-order chi connectivity index (χ1) is 9.33. The van der Waals surface area contributed by atoms with Crippen molar-refractivity contribution in [1.29, 1.82) is 0 Å². The number of nitrogens with zero attached hydrogens (tertiary/aromatic N) is 1. The van der Waals surface area contributed by atoms with E-state index < -0.39 is 0 Å². The van der Waals surface area contributed by atoms with Gasteiger partial charge in [0.15, 0.2) is 0 Å². The average molecular weight is 252 g/mol. The van der Waals surface area contributed by atoms with Gasteiger partial charge in [-0.25, -0.2) is 4.99 Å². The van der Waals surface area contributed by atoms with Crippen molar-refractivity contribution in [1.82, 2.24) is 0 Å². The van der Waals surface area contributed by atoms with Gasteiger partial charge in [0.05, 0.1) is 12.0 Å². The van der Waals surface area contributed by atoms with E-state index in [1.165, 1.54) is 24.8 Å². The fraction of sp³-hybridized carbons (Fsp3) is 0.312. The van der Waals surface area contributed by atoms with Gasteiger partial charge in [-0.2, -0.15) is 0 Å². The van der Waals surface area contributed by atoms with Crippen LogP contribution in [0.2, 0.25) is 0 Å². The molecule has 0 saturated heterocycles. The molecule has 1 aromatic heterocycles. The Bertz CT molecular complexity index is 643. The molecule has 2 aromatic rings. The van der Waals surface area contributed by atoms with Crippen molar-refractivity contribution in [3.8, 4) is 11.3 Å². The van der Waals surface area contributed by atoms with E-state index in [1.807, 2.05) is 12.1 Å². The van der Waals surface area contributed by atoms with Crippen molar-refractivity contribution in [3.05, 3.63) is 42.2 Å². The van der Waals surface area contributed by atoms with Crippen LogP contribution in [-0.2, 0) is 0 Å². The van der Waals surface area contributed by atoms with Gasteiger partial charge in [0.25, 0.3) is 0 Å². The van der Waals surface area contributed by atoms with E-state index in [0.717, 1.165) is 22.8 Å². The lowest BCUT2D eigenvalue weighted by Crippen LogP contribution is -2.28. The molecule has 2 atom stereocenters. The summed E-state index contributed by atoms with van der Waals surface area (Å²) in [6.07, 6.45) is 5.36. The lowest BCUT2D eigenvalue weighted by atomic mass is 9.84. The van der Waals surface area contributed by atoms with Crippen LogP contribution >= 0.6 is 0 Å². The minimum absolute atomic E-state index is 0.460. The van der Waals surface area contributed by atoms with Crippen molar-refractivity contribution in [2.45, 2.75) is 25.2 Å². The van der Waals surface area contributed by atoms with Crippen LogP contribution in [0, 0.1) is 5.92 Å². The third-order valence-electron chi connectivity index (χ3n) is 4.38. The molecule has 2 N–H and O–H groups in total. The Morgan fingerprint density at radius 2 is 2.05 bits per heavy atom. The molecule has 3 nitrogen and oxygen atoms in total. The normalized spacial score (nSPS) is 24.7. The Balaban J connectivity index is 1.83. The monoisotopic (exact) mass is 252 g/mol. The van der Waals surface area contributed by atoms with Crippen LogP contribution in [0.4, 0.5) is 5.69 Å². The molecule has 96 valence electrons. The van der Waals surface area contributed by atoms with Crippen LogP contribution < -0.4 is 5.73 Å². The van der Waals surface area contributed by atoms with Crippen LogP contribution in [0.5, 0.6) is 0 Å². The first-order valence-corrected chi connectivity index (χ1v) is 6.85. The molecule has 3 heteroatoms. The third-order valence-corrected chi connectivity index (χ3v) is 4.38. The Kier molecular flexibility index (Phi) is 2.28. The Labute approximate surface area is 112 Å². The molecule has 1 saturated carbocycles. The first-order valence-electron chi connectivity index (χ1n) is 6.85.